The van der Waals surface area contributed by atoms with Gasteiger partial charge >= 0.3 is 0 Å². The first-order valence-corrected chi connectivity index (χ1v) is 8.94. The van der Waals surface area contributed by atoms with E-state index in [9.17, 15) is 9.59 Å². The maximum Gasteiger partial charge on any atom is 0.245 e. The number of carbonyl (C=O) groups is 2. The molecule has 2 fully saturated rings. The summed E-state index contributed by atoms with van der Waals surface area (Å²) in [6.07, 6.45) is 2.72. The van der Waals surface area contributed by atoms with Crippen LogP contribution in [0.3, 0.4) is 0 Å². The number of aryl methyl sites for hydroxylation is 1. The number of carbonyl (C=O) groups excluding carboxylic acids is 2. The number of amides is 2. The first-order valence-electron chi connectivity index (χ1n) is 8.94. The number of anilines is 1. The molecule has 1 aliphatic heterocycles. The zero-order valence-corrected chi connectivity index (χ0v) is 14.7. The molecule has 1 aromatic rings. The minimum atomic E-state index is -0.242. The molecule has 8 heteroatoms. The van der Waals surface area contributed by atoms with Gasteiger partial charge in [-0.1, -0.05) is 5.16 Å². The Labute approximate surface area is 147 Å². The van der Waals surface area contributed by atoms with Crippen LogP contribution in [-0.4, -0.2) is 72.7 Å². The van der Waals surface area contributed by atoms with Crippen LogP contribution in [0.15, 0.2) is 10.6 Å². The van der Waals surface area contributed by atoms with Gasteiger partial charge in [-0.25, -0.2) is 0 Å². The Morgan fingerprint density at radius 2 is 2.12 bits per heavy atom. The fraction of sp³-hybridized carbons (Fsp3) is 0.706. The van der Waals surface area contributed by atoms with Crippen molar-refractivity contribution in [3.8, 4) is 0 Å². The van der Waals surface area contributed by atoms with Crippen molar-refractivity contribution in [1.29, 1.82) is 0 Å². The molecule has 2 heterocycles. The van der Waals surface area contributed by atoms with Crippen molar-refractivity contribution >= 4 is 17.6 Å². The fourth-order valence-corrected chi connectivity index (χ4v) is 2.95. The number of hydrogen-bond donors (Lipinski definition) is 1. The highest BCUT2D eigenvalue weighted by Gasteiger charge is 2.34. The third kappa shape index (κ3) is 5.54. The van der Waals surface area contributed by atoms with Gasteiger partial charge in [0.05, 0.1) is 19.8 Å². The van der Waals surface area contributed by atoms with E-state index in [1.165, 1.54) is 0 Å². The molecule has 0 aromatic carbocycles. The van der Waals surface area contributed by atoms with Crippen molar-refractivity contribution in [3.63, 3.8) is 0 Å². The minimum Gasteiger partial charge on any atom is -0.379 e. The van der Waals surface area contributed by atoms with E-state index in [0.717, 1.165) is 52.1 Å². The van der Waals surface area contributed by atoms with E-state index in [1.54, 1.807) is 17.9 Å². The smallest absolute Gasteiger partial charge is 0.245 e. The highest BCUT2D eigenvalue weighted by molar-refractivity contribution is 5.94. The summed E-state index contributed by atoms with van der Waals surface area (Å²) in [7, 11) is 0. The van der Waals surface area contributed by atoms with E-state index < -0.39 is 0 Å². The number of aromatic nitrogens is 1. The summed E-state index contributed by atoms with van der Waals surface area (Å²) in [5.41, 5.74) is 0. The second-order valence-corrected chi connectivity index (χ2v) is 6.71. The second kappa shape index (κ2) is 8.44. The Hall–Kier alpha value is -1.93. The van der Waals surface area contributed by atoms with E-state index in [-0.39, 0.29) is 24.3 Å². The normalized spacial score (nSPS) is 18.1. The lowest BCUT2D eigenvalue weighted by Gasteiger charge is -2.28. The van der Waals surface area contributed by atoms with Gasteiger partial charge in [0.15, 0.2) is 5.82 Å². The van der Waals surface area contributed by atoms with Gasteiger partial charge in [-0.15, -0.1) is 0 Å². The molecule has 0 bridgehead atoms. The van der Waals surface area contributed by atoms with Crippen LogP contribution in [0.2, 0.25) is 0 Å². The van der Waals surface area contributed by atoms with Crippen molar-refractivity contribution in [2.75, 3.05) is 51.3 Å². The lowest BCUT2D eigenvalue weighted by atomic mass is 10.2. The van der Waals surface area contributed by atoms with Gasteiger partial charge < -0.3 is 19.5 Å². The number of hydrogen-bond acceptors (Lipinski definition) is 6. The number of nitrogens with zero attached hydrogens (tertiary/aromatic N) is 3. The van der Waals surface area contributed by atoms with Crippen molar-refractivity contribution in [3.05, 3.63) is 11.8 Å². The summed E-state index contributed by atoms with van der Waals surface area (Å²) < 4.78 is 10.3. The molecule has 1 aromatic heterocycles. The second-order valence-electron chi connectivity index (χ2n) is 6.71. The van der Waals surface area contributed by atoms with Crippen LogP contribution in [0, 0.1) is 12.8 Å². The molecule has 1 saturated heterocycles. The molecule has 0 unspecified atom stereocenters. The number of ether oxygens (including phenoxy) is 1. The molecule has 1 N–H and O–H groups in total. The molecule has 2 aliphatic rings. The summed E-state index contributed by atoms with van der Waals surface area (Å²) >= 11 is 0. The quantitative estimate of drug-likeness (QED) is 0.749. The Kier molecular flexibility index (Phi) is 6.04. The summed E-state index contributed by atoms with van der Waals surface area (Å²) in [6, 6.07) is 1.66. The largest absolute Gasteiger partial charge is 0.379 e. The SMILES string of the molecule is Cc1cc(NC(=O)CN(CCCN2CCOCC2)C(=O)C2CC2)no1. The van der Waals surface area contributed by atoms with Crippen molar-refractivity contribution in [1.82, 2.24) is 15.0 Å². The van der Waals surface area contributed by atoms with Gasteiger partial charge in [-0.3, -0.25) is 14.5 Å². The van der Waals surface area contributed by atoms with Gasteiger partial charge in [0.2, 0.25) is 11.8 Å². The molecule has 1 aliphatic carbocycles. The number of nitrogens with one attached hydrogen (secondary N) is 1. The highest BCUT2D eigenvalue weighted by Crippen LogP contribution is 2.31. The topological polar surface area (TPSA) is 87.9 Å². The van der Waals surface area contributed by atoms with Gasteiger partial charge in [0.25, 0.3) is 0 Å². The molecule has 25 heavy (non-hydrogen) atoms. The van der Waals surface area contributed by atoms with Gasteiger partial charge in [-0.2, -0.15) is 0 Å². The third-order valence-corrected chi connectivity index (χ3v) is 4.47. The predicted molar refractivity (Wildman–Crippen MR) is 91.0 cm³/mol. The van der Waals surface area contributed by atoms with E-state index in [1.807, 2.05) is 0 Å². The maximum atomic E-state index is 12.5. The van der Waals surface area contributed by atoms with E-state index in [4.69, 9.17) is 9.26 Å². The third-order valence-electron chi connectivity index (χ3n) is 4.47. The van der Waals surface area contributed by atoms with E-state index >= 15 is 0 Å². The lowest BCUT2D eigenvalue weighted by Crippen LogP contribution is -2.42. The summed E-state index contributed by atoms with van der Waals surface area (Å²) in [5, 5.41) is 6.43. The number of rotatable bonds is 8. The predicted octanol–water partition coefficient (Wildman–Crippen LogP) is 0.882. The Morgan fingerprint density at radius 1 is 1.36 bits per heavy atom. The van der Waals surface area contributed by atoms with Crippen molar-refractivity contribution in [2.45, 2.75) is 26.2 Å². The standard InChI is InChI=1S/C17H26N4O4/c1-13-11-15(19-25-13)18-16(22)12-21(17(23)14-3-4-14)6-2-5-20-7-9-24-10-8-20/h11,14H,2-10,12H2,1H3,(H,18,19,22). The molecule has 0 spiro atoms. The lowest BCUT2D eigenvalue weighted by molar-refractivity contribution is -0.136. The summed E-state index contributed by atoms with van der Waals surface area (Å²) in [5.74, 6) is 0.967. The Balaban J connectivity index is 1.48. The number of morpholine rings is 1. The highest BCUT2D eigenvalue weighted by atomic mass is 16.5. The van der Waals surface area contributed by atoms with Crippen LogP contribution < -0.4 is 5.32 Å². The van der Waals surface area contributed by atoms with Crippen molar-refractivity contribution in [2.24, 2.45) is 5.92 Å². The molecular weight excluding hydrogens is 324 g/mol. The summed E-state index contributed by atoms with van der Waals surface area (Å²) in [6.45, 7) is 6.74. The van der Waals surface area contributed by atoms with Crippen LogP contribution in [-0.2, 0) is 14.3 Å². The van der Waals surface area contributed by atoms with Gasteiger partial charge in [0, 0.05) is 38.2 Å². The van der Waals surface area contributed by atoms with E-state index in [2.05, 4.69) is 15.4 Å². The average Bonchev–Trinajstić information content (AvgIpc) is 3.37. The molecule has 8 nitrogen and oxygen atoms in total. The zero-order chi connectivity index (χ0) is 17.6. The van der Waals surface area contributed by atoms with Gasteiger partial charge in [0.1, 0.15) is 5.76 Å². The van der Waals surface area contributed by atoms with Crippen LogP contribution in [0.4, 0.5) is 5.82 Å². The molecule has 0 atom stereocenters. The first-order chi connectivity index (χ1) is 12.1. The van der Waals surface area contributed by atoms with E-state index in [0.29, 0.717) is 18.1 Å². The Bertz CT molecular complexity index is 593. The molecule has 0 radical (unpaired) electrons. The minimum absolute atomic E-state index is 0.0599. The molecular formula is C17H26N4O4. The van der Waals surface area contributed by atoms with Crippen LogP contribution in [0.5, 0.6) is 0 Å². The molecule has 1 saturated carbocycles. The van der Waals surface area contributed by atoms with Crippen molar-refractivity contribution < 1.29 is 18.8 Å². The molecule has 138 valence electrons. The molecule has 2 amide bonds. The van der Waals surface area contributed by atoms with Crippen LogP contribution in [0.25, 0.3) is 0 Å². The van der Waals surface area contributed by atoms with Crippen LogP contribution in [0.1, 0.15) is 25.0 Å². The first kappa shape index (κ1) is 17.9. The maximum absolute atomic E-state index is 12.5. The monoisotopic (exact) mass is 350 g/mol. The average molecular weight is 350 g/mol. The zero-order valence-electron chi connectivity index (χ0n) is 14.7. The van der Waals surface area contributed by atoms with Gasteiger partial charge in [-0.05, 0) is 26.2 Å². The van der Waals surface area contributed by atoms with Crippen LogP contribution >= 0.6 is 0 Å². The fourth-order valence-electron chi connectivity index (χ4n) is 2.95. The Morgan fingerprint density at radius 3 is 2.76 bits per heavy atom. The molecule has 3 rings (SSSR count). The summed E-state index contributed by atoms with van der Waals surface area (Å²) in [4.78, 5) is 28.7.